The second kappa shape index (κ2) is 9.07. The SMILES string of the molecule is Cc1nc2ccc(C(C)N3CCN(c4ccc(C(=O)NC5CC5)nc4C#N)CC3)c(F)c2[nH]c1=O. The van der Waals surface area contributed by atoms with Crippen molar-refractivity contribution in [1.29, 1.82) is 5.26 Å². The number of anilines is 1. The molecule has 9 nitrogen and oxygen atoms in total. The molecule has 0 spiro atoms. The van der Waals surface area contributed by atoms with Crippen LogP contribution in [0.3, 0.4) is 0 Å². The van der Waals surface area contributed by atoms with Gasteiger partial charge >= 0.3 is 0 Å². The third-order valence-corrected chi connectivity index (χ3v) is 6.78. The molecule has 2 fully saturated rings. The van der Waals surface area contributed by atoms with Crippen molar-refractivity contribution in [3.8, 4) is 6.07 Å². The van der Waals surface area contributed by atoms with E-state index >= 15 is 4.39 Å². The average Bonchev–Trinajstić information content (AvgIpc) is 3.69. The van der Waals surface area contributed by atoms with Gasteiger partial charge in [0.1, 0.15) is 23.0 Å². The maximum absolute atomic E-state index is 15.3. The van der Waals surface area contributed by atoms with E-state index in [1.807, 2.05) is 6.92 Å². The van der Waals surface area contributed by atoms with Crippen LogP contribution in [0.2, 0.25) is 0 Å². The molecule has 1 unspecified atom stereocenters. The number of H-pyrrole nitrogens is 1. The van der Waals surface area contributed by atoms with E-state index in [4.69, 9.17) is 0 Å². The minimum absolute atomic E-state index is 0.124. The van der Waals surface area contributed by atoms with Crippen molar-refractivity contribution in [3.63, 3.8) is 0 Å². The Morgan fingerprint density at radius 1 is 1.20 bits per heavy atom. The fraction of sp³-hybridized carbons (Fsp3) is 0.400. The molecule has 180 valence electrons. The predicted octanol–water partition coefficient (Wildman–Crippen LogP) is 2.41. The molecule has 35 heavy (non-hydrogen) atoms. The lowest BCUT2D eigenvalue weighted by Gasteiger charge is -2.39. The molecule has 5 rings (SSSR count). The van der Waals surface area contributed by atoms with Crippen molar-refractivity contribution in [2.45, 2.75) is 38.8 Å². The fourth-order valence-corrected chi connectivity index (χ4v) is 4.50. The van der Waals surface area contributed by atoms with Gasteiger partial charge in [0.2, 0.25) is 0 Å². The predicted molar refractivity (Wildman–Crippen MR) is 129 cm³/mol. The first-order chi connectivity index (χ1) is 16.9. The number of carbonyl (C=O) groups excluding carboxylic acids is 1. The van der Waals surface area contributed by atoms with Gasteiger partial charge in [0.15, 0.2) is 11.5 Å². The van der Waals surface area contributed by atoms with Gasteiger partial charge in [-0.15, -0.1) is 0 Å². The standard InChI is InChI=1S/C25H26FN7O2/c1-14-24(34)31-23-18(28-14)6-5-17(22(23)26)15(2)32-9-11-33(12-10-32)21-8-7-19(30-20(21)13-27)25(35)29-16-3-4-16/h5-8,15-16H,3-4,9-12H2,1-2H3,(H,29,35)(H,31,34). The molecule has 1 aromatic carbocycles. The molecule has 10 heteroatoms. The molecule has 0 bridgehead atoms. The van der Waals surface area contributed by atoms with Gasteiger partial charge in [-0.3, -0.25) is 14.5 Å². The Morgan fingerprint density at radius 3 is 2.63 bits per heavy atom. The van der Waals surface area contributed by atoms with Crippen LogP contribution in [-0.4, -0.2) is 58.0 Å². The number of carbonyl (C=O) groups is 1. The highest BCUT2D eigenvalue weighted by atomic mass is 19.1. The smallest absolute Gasteiger partial charge is 0.270 e. The van der Waals surface area contributed by atoms with Crippen LogP contribution in [0, 0.1) is 24.1 Å². The van der Waals surface area contributed by atoms with E-state index in [0.717, 1.165) is 12.8 Å². The lowest BCUT2D eigenvalue weighted by Crippen LogP contribution is -2.47. The molecule has 1 amide bonds. The van der Waals surface area contributed by atoms with Gasteiger partial charge in [-0.1, -0.05) is 6.07 Å². The van der Waals surface area contributed by atoms with E-state index in [-0.39, 0.29) is 34.9 Å². The van der Waals surface area contributed by atoms with Crippen molar-refractivity contribution in [2.75, 3.05) is 31.1 Å². The summed E-state index contributed by atoms with van der Waals surface area (Å²) in [6.07, 6.45) is 1.96. The molecule has 2 N–H and O–H groups in total. The van der Waals surface area contributed by atoms with Crippen molar-refractivity contribution >= 4 is 22.6 Å². The Kier molecular flexibility index (Phi) is 5.94. The van der Waals surface area contributed by atoms with Crippen LogP contribution in [0.4, 0.5) is 10.1 Å². The molecule has 3 aromatic rings. The number of amides is 1. The summed E-state index contributed by atoms with van der Waals surface area (Å²) in [5.41, 5.74) is 2.12. The first-order valence-electron chi connectivity index (χ1n) is 11.8. The quantitative estimate of drug-likeness (QED) is 0.582. The molecule has 3 heterocycles. The average molecular weight is 476 g/mol. The summed E-state index contributed by atoms with van der Waals surface area (Å²) in [7, 11) is 0. The highest BCUT2D eigenvalue weighted by Gasteiger charge is 2.28. The summed E-state index contributed by atoms with van der Waals surface area (Å²) in [6.45, 7) is 6.08. The van der Waals surface area contributed by atoms with E-state index in [1.165, 1.54) is 0 Å². The Morgan fingerprint density at radius 2 is 1.94 bits per heavy atom. The number of piperazine rings is 1. The second-order valence-corrected chi connectivity index (χ2v) is 9.14. The summed E-state index contributed by atoms with van der Waals surface area (Å²) < 4.78 is 15.3. The number of hydrogen-bond acceptors (Lipinski definition) is 7. The number of aromatic amines is 1. The normalized spacial score (nSPS) is 17.3. The van der Waals surface area contributed by atoms with Crippen molar-refractivity contribution < 1.29 is 9.18 Å². The van der Waals surface area contributed by atoms with Crippen LogP contribution in [0.1, 0.15) is 53.2 Å². The minimum Gasteiger partial charge on any atom is -0.367 e. The molecular weight excluding hydrogens is 449 g/mol. The van der Waals surface area contributed by atoms with Crippen molar-refractivity contribution in [3.05, 3.63) is 63.1 Å². The van der Waals surface area contributed by atoms with Gasteiger partial charge < -0.3 is 15.2 Å². The first kappa shape index (κ1) is 22.9. The van der Waals surface area contributed by atoms with E-state index in [9.17, 15) is 14.9 Å². The van der Waals surface area contributed by atoms with E-state index in [2.05, 4.69) is 36.1 Å². The number of rotatable bonds is 5. The summed E-state index contributed by atoms with van der Waals surface area (Å²) in [6, 6.07) is 9.02. The number of nitrogens with zero attached hydrogens (tertiary/aromatic N) is 5. The van der Waals surface area contributed by atoms with Gasteiger partial charge in [0, 0.05) is 43.8 Å². The maximum Gasteiger partial charge on any atom is 0.270 e. The van der Waals surface area contributed by atoms with Gasteiger partial charge in [0.25, 0.3) is 11.5 Å². The zero-order valence-electron chi connectivity index (χ0n) is 19.6. The topological polar surface area (TPSA) is 118 Å². The van der Waals surface area contributed by atoms with Crippen LogP contribution in [0.5, 0.6) is 0 Å². The highest BCUT2D eigenvalue weighted by molar-refractivity contribution is 5.93. The lowest BCUT2D eigenvalue weighted by molar-refractivity contribution is 0.0946. The molecule has 1 saturated carbocycles. The summed E-state index contributed by atoms with van der Waals surface area (Å²) in [4.78, 5) is 39.5. The summed E-state index contributed by atoms with van der Waals surface area (Å²) in [5.74, 6) is -0.712. The van der Waals surface area contributed by atoms with Crippen LogP contribution in [-0.2, 0) is 0 Å². The number of nitrogens with one attached hydrogen (secondary N) is 2. The zero-order valence-corrected chi connectivity index (χ0v) is 19.6. The highest BCUT2D eigenvalue weighted by Crippen LogP contribution is 2.29. The number of fused-ring (bicyclic) bond motifs is 1. The molecule has 1 atom stereocenters. The monoisotopic (exact) mass is 475 g/mol. The Hall–Kier alpha value is -3.84. The fourth-order valence-electron chi connectivity index (χ4n) is 4.50. The van der Waals surface area contributed by atoms with Crippen molar-refractivity contribution in [1.82, 2.24) is 25.2 Å². The molecule has 1 aliphatic heterocycles. The zero-order chi connectivity index (χ0) is 24.7. The molecule has 1 saturated heterocycles. The number of aromatic nitrogens is 3. The van der Waals surface area contributed by atoms with Crippen LogP contribution in [0.15, 0.2) is 29.1 Å². The lowest BCUT2D eigenvalue weighted by atomic mass is 10.0. The molecule has 0 radical (unpaired) electrons. The Balaban J connectivity index is 1.30. The third kappa shape index (κ3) is 4.47. The number of benzene rings is 1. The van der Waals surface area contributed by atoms with Gasteiger partial charge in [-0.05, 0) is 44.9 Å². The third-order valence-electron chi connectivity index (χ3n) is 6.78. The van der Waals surface area contributed by atoms with E-state index in [0.29, 0.717) is 48.6 Å². The number of pyridine rings is 1. The minimum atomic E-state index is -0.460. The number of hydrogen-bond donors (Lipinski definition) is 2. The first-order valence-corrected chi connectivity index (χ1v) is 11.8. The van der Waals surface area contributed by atoms with Crippen LogP contribution < -0.4 is 15.8 Å². The second-order valence-electron chi connectivity index (χ2n) is 9.14. The number of aryl methyl sites for hydroxylation is 1. The van der Waals surface area contributed by atoms with Crippen LogP contribution >= 0.6 is 0 Å². The maximum atomic E-state index is 15.3. The largest absolute Gasteiger partial charge is 0.367 e. The van der Waals surface area contributed by atoms with Gasteiger partial charge in [-0.25, -0.2) is 14.4 Å². The number of halogens is 1. The van der Waals surface area contributed by atoms with Gasteiger partial charge in [-0.2, -0.15) is 5.26 Å². The Labute approximate surface area is 201 Å². The molecular formula is C25H26FN7O2. The van der Waals surface area contributed by atoms with Gasteiger partial charge in [0.05, 0.1) is 11.2 Å². The summed E-state index contributed by atoms with van der Waals surface area (Å²) in [5, 5.41) is 12.5. The van der Waals surface area contributed by atoms with E-state index < -0.39 is 11.4 Å². The Bertz CT molecular complexity index is 1400. The number of nitriles is 1. The summed E-state index contributed by atoms with van der Waals surface area (Å²) >= 11 is 0. The molecule has 1 aliphatic carbocycles. The molecule has 2 aromatic heterocycles. The van der Waals surface area contributed by atoms with Crippen molar-refractivity contribution in [2.24, 2.45) is 0 Å². The molecule has 2 aliphatic rings. The van der Waals surface area contributed by atoms with E-state index in [1.54, 1.807) is 31.2 Å². The van der Waals surface area contributed by atoms with Crippen LogP contribution in [0.25, 0.3) is 11.0 Å².